The zero-order valence-corrected chi connectivity index (χ0v) is 15.8. The van der Waals surface area contributed by atoms with Crippen LogP contribution >= 0.6 is 0 Å². The molecular formula is C19H36O4. The highest BCUT2D eigenvalue weighted by Gasteiger charge is 2.16. The molecule has 0 bridgehead atoms. The maximum Gasteiger partial charge on any atom is 0.305 e. The summed E-state index contributed by atoms with van der Waals surface area (Å²) in [5.41, 5.74) is 0.243. The Labute approximate surface area is 142 Å². The molecule has 0 aliphatic rings. The molecule has 0 aromatic heterocycles. The minimum absolute atomic E-state index is 0.213. The molecule has 0 aromatic rings. The van der Waals surface area contributed by atoms with E-state index in [1.54, 1.807) is 0 Å². The van der Waals surface area contributed by atoms with Gasteiger partial charge in [-0.2, -0.15) is 0 Å². The van der Waals surface area contributed by atoms with Crippen molar-refractivity contribution in [1.82, 2.24) is 0 Å². The van der Waals surface area contributed by atoms with Gasteiger partial charge in [0.15, 0.2) is 0 Å². The van der Waals surface area contributed by atoms with Gasteiger partial charge in [-0.25, -0.2) is 0 Å². The Morgan fingerprint density at radius 1 is 0.913 bits per heavy atom. The van der Waals surface area contributed by atoms with Gasteiger partial charge in [0.05, 0.1) is 13.2 Å². The molecule has 23 heavy (non-hydrogen) atoms. The molecule has 136 valence electrons. The van der Waals surface area contributed by atoms with Crippen molar-refractivity contribution in [3.63, 3.8) is 0 Å². The highest BCUT2D eigenvalue weighted by atomic mass is 16.5. The zero-order chi connectivity index (χ0) is 17.7. The second-order valence-corrected chi connectivity index (χ2v) is 7.69. The van der Waals surface area contributed by atoms with E-state index in [9.17, 15) is 9.59 Å². The van der Waals surface area contributed by atoms with E-state index in [0.717, 1.165) is 19.3 Å². The van der Waals surface area contributed by atoms with Gasteiger partial charge >= 0.3 is 11.9 Å². The first-order valence-electron chi connectivity index (χ1n) is 9.06. The second kappa shape index (κ2) is 12.4. The van der Waals surface area contributed by atoms with Crippen LogP contribution in [0.1, 0.15) is 86.0 Å². The summed E-state index contributed by atoms with van der Waals surface area (Å²) in [7, 11) is 0. The number of esters is 2. The molecule has 0 radical (unpaired) electrons. The highest BCUT2D eigenvalue weighted by molar-refractivity contribution is 5.72. The molecule has 0 heterocycles. The van der Waals surface area contributed by atoms with Gasteiger partial charge in [-0.15, -0.1) is 0 Å². The molecular weight excluding hydrogens is 292 g/mol. The number of carbonyl (C=O) groups excluding carboxylic acids is 2. The first-order chi connectivity index (χ1) is 10.7. The zero-order valence-electron chi connectivity index (χ0n) is 15.8. The summed E-state index contributed by atoms with van der Waals surface area (Å²) in [4.78, 5) is 23.2. The summed E-state index contributed by atoms with van der Waals surface area (Å²) >= 11 is 0. The third-order valence-electron chi connectivity index (χ3n) is 3.51. The van der Waals surface area contributed by atoms with Crippen molar-refractivity contribution in [2.75, 3.05) is 13.2 Å². The fourth-order valence-electron chi connectivity index (χ4n) is 2.58. The lowest BCUT2D eigenvalue weighted by Gasteiger charge is -2.22. The van der Waals surface area contributed by atoms with Gasteiger partial charge in [-0.05, 0) is 30.6 Å². The Kier molecular flexibility index (Phi) is 11.8. The van der Waals surface area contributed by atoms with Crippen LogP contribution in [0.3, 0.4) is 0 Å². The number of hydrogen-bond acceptors (Lipinski definition) is 4. The van der Waals surface area contributed by atoms with Gasteiger partial charge < -0.3 is 9.47 Å². The van der Waals surface area contributed by atoms with Gasteiger partial charge in [0, 0.05) is 12.8 Å². The smallest absolute Gasteiger partial charge is 0.305 e. The van der Waals surface area contributed by atoms with Crippen molar-refractivity contribution >= 4 is 11.9 Å². The molecule has 0 N–H and O–H groups in total. The molecule has 1 unspecified atom stereocenters. The van der Waals surface area contributed by atoms with Crippen LogP contribution in [-0.4, -0.2) is 25.2 Å². The fourth-order valence-corrected chi connectivity index (χ4v) is 2.58. The summed E-state index contributed by atoms with van der Waals surface area (Å²) in [6.45, 7) is 11.7. The molecule has 0 aliphatic heterocycles. The van der Waals surface area contributed by atoms with Crippen LogP contribution in [0.2, 0.25) is 0 Å². The van der Waals surface area contributed by atoms with Crippen molar-refractivity contribution < 1.29 is 19.1 Å². The minimum Gasteiger partial charge on any atom is -0.466 e. The van der Waals surface area contributed by atoms with Crippen LogP contribution in [0.15, 0.2) is 0 Å². The molecule has 0 aliphatic carbocycles. The Morgan fingerprint density at radius 3 is 2.09 bits per heavy atom. The average Bonchev–Trinajstić information content (AvgIpc) is 2.43. The number of unbranched alkanes of at least 4 members (excludes halogenated alkanes) is 3. The predicted octanol–water partition coefficient (Wildman–Crippen LogP) is 4.90. The van der Waals surface area contributed by atoms with Gasteiger partial charge in [-0.3, -0.25) is 9.59 Å². The number of rotatable bonds is 12. The van der Waals surface area contributed by atoms with Crippen molar-refractivity contribution in [3.05, 3.63) is 0 Å². The Balaban J connectivity index is 3.60. The Hall–Kier alpha value is -1.06. The van der Waals surface area contributed by atoms with Crippen LogP contribution < -0.4 is 0 Å². The summed E-state index contributed by atoms with van der Waals surface area (Å²) in [6, 6.07) is 0. The second-order valence-electron chi connectivity index (χ2n) is 7.69. The molecule has 0 amide bonds. The topological polar surface area (TPSA) is 52.6 Å². The van der Waals surface area contributed by atoms with Gasteiger partial charge in [0.2, 0.25) is 0 Å². The van der Waals surface area contributed by atoms with E-state index in [4.69, 9.17) is 9.47 Å². The largest absolute Gasteiger partial charge is 0.466 e. The number of ether oxygens (including phenoxy) is 2. The van der Waals surface area contributed by atoms with Crippen LogP contribution in [0.5, 0.6) is 0 Å². The molecule has 4 heteroatoms. The van der Waals surface area contributed by atoms with Crippen LogP contribution in [-0.2, 0) is 19.1 Å². The van der Waals surface area contributed by atoms with E-state index in [1.165, 1.54) is 12.8 Å². The van der Waals surface area contributed by atoms with Crippen LogP contribution in [0.25, 0.3) is 0 Å². The molecule has 0 spiro atoms. The van der Waals surface area contributed by atoms with E-state index in [2.05, 4.69) is 34.6 Å². The van der Waals surface area contributed by atoms with Crippen molar-refractivity contribution in [2.45, 2.75) is 86.0 Å². The standard InChI is InChI=1S/C19H36O4/c1-6-7-8-9-13-22-17(20)11-10-12-18(21)23-15-16(2)14-19(3,4)5/h16H,6-15H2,1-5H3. The Morgan fingerprint density at radius 2 is 1.52 bits per heavy atom. The van der Waals surface area contributed by atoms with E-state index in [0.29, 0.717) is 32.0 Å². The van der Waals surface area contributed by atoms with Gasteiger partial charge in [-0.1, -0.05) is 53.9 Å². The first-order valence-corrected chi connectivity index (χ1v) is 9.06. The molecule has 4 nitrogen and oxygen atoms in total. The van der Waals surface area contributed by atoms with E-state index < -0.39 is 0 Å². The number of hydrogen-bond donors (Lipinski definition) is 0. The highest BCUT2D eigenvalue weighted by Crippen LogP contribution is 2.24. The lowest BCUT2D eigenvalue weighted by atomic mass is 9.86. The normalized spacial score (nSPS) is 12.7. The summed E-state index contributed by atoms with van der Waals surface area (Å²) in [5, 5.41) is 0. The SMILES string of the molecule is CCCCCCOC(=O)CCCC(=O)OCC(C)CC(C)(C)C. The predicted molar refractivity (Wildman–Crippen MR) is 93.1 cm³/mol. The lowest BCUT2D eigenvalue weighted by molar-refractivity contribution is -0.146. The minimum atomic E-state index is -0.221. The van der Waals surface area contributed by atoms with Crippen LogP contribution in [0, 0.1) is 11.3 Å². The van der Waals surface area contributed by atoms with E-state index in [-0.39, 0.29) is 23.8 Å². The van der Waals surface area contributed by atoms with Gasteiger partial charge in [0.1, 0.15) is 0 Å². The molecule has 0 aromatic carbocycles. The van der Waals surface area contributed by atoms with Crippen molar-refractivity contribution in [2.24, 2.45) is 11.3 Å². The molecule has 1 atom stereocenters. The molecule has 0 rings (SSSR count). The average molecular weight is 328 g/mol. The summed E-state index contributed by atoms with van der Waals surface area (Å²) in [5.74, 6) is -0.0797. The summed E-state index contributed by atoms with van der Waals surface area (Å²) in [6.07, 6.45) is 6.47. The summed E-state index contributed by atoms with van der Waals surface area (Å²) < 4.78 is 10.4. The van der Waals surface area contributed by atoms with E-state index in [1.807, 2.05) is 0 Å². The lowest BCUT2D eigenvalue weighted by Crippen LogP contribution is -2.17. The Bertz CT molecular complexity index is 331. The molecule has 0 fully saturated rings. The van der Waals surface area contributed by atoms with Crippen LogP contribution in [0.4, 0.5) is 0 Å². The fraction of sp³-hybridized carbons (Fsp3) is 0.895. The monoisotopic (exact) mass is 328 g/mol. The maximum atomic E-state index is 11.7. The van der Waals surface area contributed by atoms with Gasteiger partial charge in [0.25, 0.3) is 0 Å². The number of carbonyl (C=O) groups is 2. The van der Waals surface area contributed by atoms with Crippen molar-refractivity contribution in [1.29, 1.82) is 0 Å². The van der Waals surface area contributed by atoms with Crippen molar-refractivity contribution in [3.8, 4) is 0 Å². The van der Waals surface area contributed by atoms with E-state index >= 15 is 0 Å². The molecule has 0 saturated heterocycles. The first kappa shape index (κ1) is 21.9. The third kappa shape index (κ3) is 15.6. The maximum absolute atomic E-state index is 11.7. The quantitative estimate of drug-likeness (QED) is 0.378. The third-order valence-corrected chi connectivity index (χ3v) is 3.51. The molecule has 0 saturated carbocycles.